The Morgan fingerprint density at radius 2 is 1.83 bits per heavy atom. The Kier molecular flexibility index (Phi) is 4.09. The lowest BCUT2D eigenvalue weighted by atomic mass is 9.96. The van der Waals surface area contributed by atoms with Crippen LogP contribution in [0.5, 0.6) is 5.75 Å². The summed E-state index contributed by atoms with van der Waals surface area (Å²) in [4.78, 5) is 11.2. The maximum atomic E-state index is 13.2. The van der Waals surface area contributed by atoms with Crippen molar-refractivity contribution in [2.75, 3.05) is 0 Å². The molecule has 3 rings (SSSR count). The van der Waals surface area contributed by atoms with Crippen molar-refractivity contribution in [3.05, 3.63) is 65.0 Å². The molecule has 0 fully saturated rings. The molecule has 1 aliphatic rings. The lowest BCUT2D eigenvalue weighted by Gasteiger charge is -2.16. The highest BCUT2D eigenvalue weighted by molar-refractivity contribution is 6.13. The lowest BCUT2D eigenvalue weighted by molar-refractivity contribution is -0.118. The van der Waals surface area contributed by atoms with Gasteiger partial charge in [-0.05, 0) is 61.9 Å². The fourth-order valence-corrected chi connectivity index (χ4v) is 2.80. The molecule has 0 saturated carbocycles. The summed E-state index contributed by atoms with van der Waals surface area (Å²) in [6, 6.07) is 11.8. The Balaban J connectivity index is 2.02. The maximum absolute atomic E-state index is 13.2. The molecule has 0 aromatic heterocycles. The molecule has 5 heteroatoms. The average Bonchev–Trinajstić information content (AvgIpc) is 2.82. The van der Waals surface area contributed by atoms with Gasteiger partial charge in [0.05, 0.1) is 5.71 Å². The Hall–Kier alpha value is -2.69. The molecular weight excluding hydrogens is 307 g/mol. The molecule has 0 aliphatic carbocycles. The summed E-state index contributed by atoms with van der Waals surface area (Å²) in [7, 11) is 0. The molecule has 24 heavy (non-hydrogen) atoms. The van der Waals surface area contributed by atoms with Crippen molar-refractivity contribution in [1.29, 1.82) is 0 Å². The molecule has 0 spiro atoms. The smallest absolute Gasteiger partial charge is 0.236 e. The molecule has 1 N–H and O–H groups in total. The zero-order valence-electron chi connectivity index (χ0n) is 13.9. The van der Waals surface area contributed by atoms with Gasteiger partial charge in [-0.15, -0.1) is 0 Å². The molecule has 0 radical (unpaired) electrons. The quantitative estimate of drug-likeness (QED) is 0.694. The third-order valence-electron chi connectivity index (χ3n) is 3.78. The number of halogens is 1. The van der Waals surface area contributed by atoms with Gasteiger partial charge in [-0.25, -0.2) is 9.82 Å². The summed E-state index contributed by atoms with van der Waals surface area (Å²) in [5.41, 5.74) is 5.48. The summed E-state index contributed by atoms with van der Waals surface area (Å²) >= 11 is 0. The molecule has 4 nitrogen and oxygen atoms in total. The molecule has 124 valence electrons. The minimum absolute atomic E-state index is 0.230. The number of carbonyl (C=O) groups is 1. The van der Waals surface area contributed by atoms with E-state index in [1.54, 1.807) is 12.1 Å². The van der Waals surface area contributed by atoms with Gasteiger partial charge in [0.1, 0.15) is 17.2 Å². The molecule has 0 bridgehead atoms. The van der Waals surface area contributed by atoms with Gasteiger partial charge in [0.2, 0.25) is 5.91 Å². The Morgan fingerprint density at radius 1 is 1.17 bits per heavy atom. The first kappa shape index (κ1) is 16.2. The minimum atomic E-state index is -0.318. The number of rotatable bonds is 3. The van der Waals surface area contributed by atoms with Crippen LogP contribution in [0.1, 0.15) is 37.5 Å². The molecule has 0 unspecified atom stereocenters. The first-order chi connectivity index (χ1) is 11.3. The van der Waals surface area contributed by atoms with Crippen molar-refractivity contribution in [3.8, 4) is 5.75 Å². The molecule has 2 aromatic rings. The van der Waals surface area contributed by atoms with Gasteiger partial charge >= 0.3 is 0 Å². The molecule has 1 heterocycles. The van der Waals surface area contributed by atoms with E-state index in [2.05, 4.69) is 10.5 Å². The maximum Gasteiger partial charge on any atom is 0.236 e. The number of hydrogen-bond acceptors (Lipinski definition) is 3. The highest BCUT2D eigenvalue weighted by Gasteiger charge is 2.30. The number of hydrazone groups is 1. The highest BCUT2D eigenvalue weighted by atomic mass is 19.1. The number of hydrogen-bond donors (Lipinski definition) is 1. The standard InChI is InChI=1S/C19H19FN2O2/c1-12(23)21-22-18(13-4-7-16(20)8-5-13)14-6-9-17-15(10-14)11-19(2,3)24-17/h4-10H,11H2,1-3H3,(H,21,23)/b22-18+. The van der Waals surface area contributed by atoms with Gasteiger partial charge in [0, 0.05) is 24.5 Å². The minimum Gasteiger partial charge on any atom is -0.487 e. The van der Waals surface area contributed by atoms with E-state index in [4.69, 9.17) is 4.74 Å². The molecular formula is C19H19FN2O2. The van der Waals surface area contributed by atoms with Crippen LogP contribution in [-0.2, 0) is 11.2 Å². The van der Waals surface area contributed by atoms with E-state index in [1.165, 1.54) is 19.1 Å². The number of nitrogens with one attached hydrogen (secondary N) is 1. The summed E-state index contributed by atoms with van der Waals surface area (Å²) < 4.78 is 19.1. The van der Waals surface area contributed by atoms with E-state index in [0.29, 0.717) is 5.71 Å². The summed E-state index contributed by atoms with van der Waals surface area (Å²) in [6.07, 6.45) is 0.799. The number of nitrogens with zero attached hydrogens (tertiary/aromatic N) is 1. The Bertz CT molecular complexity index is 811. The van der Waals surface area contributed by atoms with Crippen molar-refractivity contribution in [1.82, 2.24) is 5.43 Å². The lowest BCUT2D eigenvalue weighted by Crippen LogP contribution is -2.24. The fourth-order valence-electron chi connectivity index (χ4n) is 2.80. The SMILES string of the molecule is CC(=O)N/N=C(\c1ccc(F)cc1)c1ccc2c(c1)CC(C)(C)O2. The molecule has 2 aromatic carbocycles. The number of benzene rings is 2. The largest absolute Gasteiger partial charge is 0.487 e. The monoisotopic (exact) mass is 326 g/mol. The second-order valence-corrected chi connectivity index (χ2v) is 6.50. The number of fused-ring (bicyclic) bond motifs is 1. The van der Waals surface area contributed by atoms with E-state index in [0.717, 1.165) is 28.9 Å². The van der Waals surface area contributed by atoms with Gasteiger partial charge < -0.3 is 4.74 Å². The van der Waals surface area contributed by atoms with Crippen LogP contribution < -0.4 is 10.2 Å². The fraction of sp³-hybridized carbons (Fsp3) is 0.263. The van der Waals surface area contributed by atoms with E-state index >= 15 is 0 Å². The van der Waals surface area contributed by atoms with Crippen LogP contribution in [0.25, 0.3) is 0 Å². The summed E-state index contributed by atoms with van der Waals surface area (Å²) in [5, 5.41) is 4.21. The van der Waals surface area contributed by atoms with Gasteiger partial charge in [0.25, 0.3) is 0 Å². The predicted octanol–water partition coefficient (Wildman–Crippen LogP) is 3.43. The van der Waals surface area contributed by atoms with Crippen molar-refractivity contribution in [2.24, 2.45) is 5.10 Å². The first-order valence-electron chi connectivity index (χ1n) is 7.77. The normalized spacial score (nSPS) is 15.6. The van der Waals surface area contributed by atoms with E-state index in [9.17, 15) is 9.18 Å². The van der Waals surface area contributed by atoms with Crippen LogP contribution in [0, 0.1) is 5.82 Å². The van der Waals surface area contributed by atoms with Crippen molar-refractivity contribution in [3.63, 3.8) is 0 Å². The molecule has 1 aliphatic heterocycles. The Labute approximate surface area is 140 Å². The van der Waals surface area contributed by atoms with Crippen LogP contribution in [0.3, 0.4) is 0 Å². The number of carbonyl (C=O) groups excluding carboxylic acids is 1. The van der Waals surface area contributed by atoms with Gasteiger partial charge in [-0.1, -0.05) is 0 Å². The second kappa shape index (κ2) is 6.07. The van der Waals surface area contributed by atoms with Crippen LogP contribution in [0.4, 0.5) is 4.39 Å². The molecule has 1 amide bonds. The highest BCUT2D eigenvalue weighted by Crippen LogP contribution is 2.35. The van der Waals surface area contributed by atoms with Crippen molar-refractivity contribution >= 4 is 11.6 Å². The Morgan fingerprint density at radius 3 is 2.50 bits per heavy atom. The van der Waals surface area contributed by atoms with Gasteiger partial charge in [0.15, 0.2) is 0 Å². The van der Waals surface area contributed by atoms with Crippen LogP contribution in [0.2, 0.25) is 0 Å². The topological polar surface area (TPSA) is 50.7 Å². The first-order valence-corrected chi connectivity index (χ1v) is 7.77. The number of amides is 1. The van der Waals surface area contributed by atoms with E-state index < -0.39 is 0 Å². The second-order valence-electron chi connectivity index (χ2n) is 6.50. The van der Waals surface area contributed by atoms with Crippen molar-refractivity contribution < 1.29 is 13.9 Å². The summed E-state index contributed by atoms with van der Waals surface area (Å²) in [6.45, 7) is 5.47. The third-order valence-corrected chi connectivity index (χ3v) is 3.78. The molecule has 0 saturated heterocycles. The number of ether oxygens (including phenoxy) is 1. The molecule has 0 atom stereocenters. The van der Waals surface area contributed by atoms with Crippen LogP contribution in [0.15, 0.2) is 47.6 Å². The zero-order valence-corrected chi connectivity index (χ0v) is 13.9. The van der Waals surface area contributed by atoms with E-state index in [-0.39, 0.29) is 17.3 Å². The summed E-state index contributed by atoms with van der Waals surface area (Å²) in [5.74, 6) is 0.281. The van der Waals surface area contributed by atoms with E-state index in [1.807, 2.05) is 32.0 Å². The van der Waals surface area contributed by atoms with Gasteiger partial charge in [-0.2, -0.15) is 5.10 Å². The third kappa shape index (κ3) is 3.45. The zero-order chi connectivity index (χ0) is 17.3. The average molecular weight is 326 g/mol. The van der Waals surface area contributed by atoms with Crippen LogP contribution in [-0.4, -0.2) is 17.2 Å². The van der Waals surface area contributed by atoms with Crippen LogP contribution >= 0.6 is 0 Å². The predicted molar refractivity (Wildman–Crippen MR) is 90.7 cm³/mol. The van der Waals surface area contributed by atoms with Crippen molar-refractivity contribution in [2.45, 2.75) is 32.8 Å². The van der Waals surface area contributed by atoms with Gasteiger partial charge in [-0.3, -0.25) is 4.79 Å².